The third-order valence-corrected chi connectivity index (χ3v) is 4.16. The molecule has 2 unspecified atom stereocenters. The van der Waals surface area contributed by atoms with E-state index in [4.69, 9.17) is 4.74 Å². The van der Waals surface area contributed by atoms with Gasteiger partial charge in [-0.1, -0.05) is 39.0 Å². The summed E-state index contributed by atoms with van der Waals surface area (Å²) in [7, 11) is 0. The van der Waals surface area contributed by atoms with Gasteiger partial charge in [-0.2, -0.15) is 0 Å². The zero-order valence-electron chi connectivity index (χ0n) is 12.5. The van der Waals surface area contributed by atoms with Gasteiger partial charge in [0.05, 0.1) is 6.61 Å². The molecule has 0 saturated carbocycles. The van der Waals surface area contributed by atoms with Crippen molar-refractivity contribution in [2.24, 2.45) is 11.8 Å². The van der Waals surface area contributed by atoms with E-state index in [-0.39, 0.29) is 0 Å². The van der Waals surface area contributed by atoms with Crippen LogP contribution in [0.3, 0.4) is 0 Å². The fraction of sp³-hybridized carbons (Fsp3) is 0.647. The monoisotopic (exact) mass is 261 g/mol. The molecule has 1 aromatic rings. The first-order valence-corrected chi connectivity index (χ1v) is 7.64. The molecule has 106 valence electrons. The molecule has 0 fully saturated rings. The Morgan fingerprint density at radius 2 is 2.11 bits per heavy atom. The number of ether oxygens (including phenoxy) is 1. The molecule has 0 radical (unpaired) electrons. The fourth-order valence-electron chi connectivity index (χ4n) is 2.85. The maximum absolute atomic E-state index is 5.80. The lowest BCUT2D eigenvalue weighted by Gasteiger charge is -2.24. The summed E-state index contributed by atoms with van der Waals surface area (Å²) in [6, 6.07) is 8.50. The molecule has 2 atom stereocenters. The lowest BCUT2D eigenvalue weighted by molar-refractivity contribution is 0.273. The highest BCUT2D eigenvalue weighted by Gasteiger charge is 2.27. The molecule has 2 rings (SSSR count). The first kappa shape index (κ1) is 14.4. The molecular formula is C17H27NO. The first-order chi connectivity index (χ1) is 9.22. The van der Waals surface area contributed by atoms with Crippen molar-refractivity contribution < 1.29 is 4.74 Å². The molecule has 2 heteroatoms. The van der Waals surface area contributed by atoms with Gasteiger partial charge in [0.2, 0.25) is 0 Å². The largest absolute Gasteiger partial charge is 0.493 e. The number of rotatable bonds is 7. The maximum atomic E-state index is 5.80. The number of hydrogen-bond donors (Lipinski definition) is 1. The minimum atomic E-state index is 0.576. The third-order valence-electron chi connectivity index (χ3n) is 4.16. The second-order valence-electron chi connectivity index (χ2n) is 5.99. The number of hydrogen-bond acceptors (Lipinski definition) is 2. The zero-order chi connectivity index (χ0) is 13.7. The molecule has 19 heavy (non-hydrogen) atoms. The highest BCUT2D eigenvalue weighted by Crippen LogP contribution is 2.38. The zero-order valence-corrected chi connectivity index (χ0v) is 12.5. The summed E-state index contributed by atoms with van der Waals surface area (Å²) in [5.74, 6) is 3.12. The molecule has 1 heterocycles. The second-order valence-corrected chi connectivity index (χ2v) is 5.99. The average molecular weight is 261 g/mol. The van der Waals surface area contributed by atoms with Crippen molar-refractivity contribution in [2.75, 3.05) is 19.7 Å². The standard InChI is InChI=1S/C17H27NO/c1-4-9-18-11-14(13(2)3)10-15-12-19-17-8-6-5-7-16(15)17/h5-8,13-15,18H,4,9-12H2,1-3H3. The Hall–Kier alpha value is -1.02. The summed E-state index contributed by atoms with van der Waals surface area (Å²) < 4.78 is 5.80. The summed E-state index contributed by atoms with van der Waals surface area (Å²) in [6.45, 7) is 10.00. The van der Waals surface area contributed by atoms with Crippen LogP contribution >= 0.6 is 0 Å². The Kier molecular flexibility index (Phi) is 5.26. The van der Waals surface area contributed by atoms with Crippen LogP contribution in [0.4, 0.5) is 0 Å². The predicted octanol–water partition coefficient (Wildman–Crippen LogP) is 3.82. The van der Waals surface area contributed by atoms with Crippen LogP contribution < -0.4 is 10.1 Å². The van der Waals surface area contributed by atoms with E-state index in [0.29, 0.717) is 5.92 Å². The predicted molar refractivity (Wildman–Crippen MR) is 80.8 cm³/mol. The summed E-state index contributed by atoms with van der Waals surface area (Å²) in [4.78, 5) is 0. The van der Waals surface area contributed by atoms with Crippen LogP contribution in [-0.2, 0) is 0 Å². The molecule has 2 nitrogen and oxygen atoms in total. The minimum absolute atomic E-state index is 0.576. The van der Waals surface area contributed by atoms with Crippen LogP contribution in [0.2, 0.25) is 0 Å². The van der Waals surface area contributed by atoms with E-state index in [9.17, 15) is 0 Å². The number of nitrogens with one attached hydrogen (secondary N) is 1. The molecule has 1 aliphatic heterocycles. The van der Waals surface area contributed by atoms with Crippen molar-refractivity contribution in [3.8, 4) is 5.75 Å². The lowest BCUT2D eigenvalue weighted by atomic mass is 9.84. The van der Waals surface area contributed by atoms with Gasteiger partial charge >= 0.3 is 0 Å². The topological polar surface area (TPSA) is 21.3 Å². The van der Waals surface area contributed by atoms with E-state index in [1.54, 1.807) is 0 Å². The van der Waals surface area contributed by atoms with Gasteiger partial charge < -0.3 is 10.1 Å². The summed E-state index contributed by atoms with van der Waals surface area (Å²) in [6.07, 6.45) is 2.44. The highest BCUT2D eigenvalue weighted by atomic mass is 16.5. The number of fused-ring (bicyclic) bond motifs is 1. The maximum Gasteiger partial charge on any atom is 0.122 e. The molecule has 0 amide bonds. The molecule has 0 spiro atoms. The molecule has 1 aromatic carbocycles. The van der Waals surface area contributed by atoms with Gasteiger partial charge in [-0.05, 0) is 43.8 Å². The van der Waals surface area contributed by atoms with Crippen LogP contribution in [0.5, 0.6) is 5.75 Å². The molecule has 0 bridgehead atoms. The molecule has 0 aliphatic carbocycles. The Morgan fingerprint density at radius 3 is 2.84 bits per heavy atom. The van der Waals surface area contributed by atoms with Crippen LogP contribution in [0.15, 0.2) is 24.3 Å². The first-order valence-electron chi connectivity index (χ1n) is 7.64. The van der Waals surface area contributed by atoms with Crippen LogP contribution in [0.1, 0.15) is 45.1 Å². The van der Waals surface area contributed by atoms with Gasteiger partial charge in [-0.3, -0.25) is 0 Å². The van der Waals surface area contributed by atoms with Crippen molar-refractivity contribution >= 4 is 0 Å². The molecular weight excluding hydrogens is 234 g/mol. The average Bonchev–Trinajstić information content (AvgIpc) is 2.81. The Labute approximate surface area is 117 Å². The van der Waals surface area contributed by atoms with Gasteiger partial charge in [-0.15, -0.1) is 0 Å². The van der Waals surface area contributed by atoms with E-state index >= 15 is 0 Å². The van der Waals surface area contributed by atoms with E-state index in [0.717, 1.165) is 37.3 Å². The van der Waals surface area contributed by atoms with Crippen molar-refractivity contribution in [3.63, 3.8) is 0 Å². The Morgan fingerprint density at radius 1 is 1.32 bits per heavy atom. The number of para-hydroxylation sites is 1. The second kappa shape index (κ2) is 6.95. The molecule has 1 aliphatic rings. The molecule has 0 aromatic heterocycles. The van der Waals surface area contributed by atoms with Gasteiger partial charge in [0.25, 0.3) is 0 Å². The van der Waals surface area contributed by atoms with Crippen molar-refractivity contribution in [3.05, 3.63) is 29.8 Å². The minimum Gasteiger partial charge on any atom is -0.493 e. The Balaban J connectivity index is 1.95. The smallest absolute Gasteiger partial charge is 0.122 e. The van der Waals surface area contributed by atoms with Crippen molar-refractivity contribution in [2.45, 2.75) is 39.5 Å². The van der Waals surface area contributed by atoms with E-state index in [1.165, 1.54) is 18.4 Å². The lowest BCUT2D eigenvalue weighted by Crippen LogP contribution is -2.28. The van der Waals surface area contributed by atoms with Crippen molar-refractivity contribution in [1.82, 2.24) is 5.32 Å². The van der Waals surface area contributed by atoms with Crippen LogP contribution in [0.25, 0.3) is 0 Å². The van der Waals surface area contributed by atoms with Gasteiger partial charge in [-0.25, -0.2) is 0 Å². The molecule has 0 saturated heterocycles. The third kappa shape index (κ3) is 3.73. The Bertz CT molecular complexity index is 389. The van der Waals surface area contributed by atoms with Crippen LogP contribution in [-0.4, -0.2) is 19.7 Å². The van der Waals surface area contributed by atoms with Crippen molar-refractivity contribution in [1.29, 1.82) is 0 Å². The SMILES string of the molecule is CCCNCC(CC1COc2ccccc21)C(C)C. The van der Waals surface area contributed by atoms with Gasteiger partial charge in [0.1, 0.15) is 5.75 Å². The van der Waals surface area contributed by atoms with E-state index in [2.05, 4.69) is 50.4 Å². The van der Waals surface area contributed by atoms with E-state index < -0.39 is 0 Å². The summed E-state index contributed by atoms with van der Waals surface area (Å²) in [5.41, 5.74) is 1.41. The highest BCUT2D eigenvalue weighted by molar-refractivity contribution is 5.39. The quantitative estimate of drug-likeness (QED) is 0.753. The van der Waals surface area contributed by atoms with Crippen LogP contribution in [0, 0.1) is 11.8 Å². The number of benzene rings is 1. The van der Waals surface area contributed by atoms with Gasteiger partial charge in [0, 0.05) is 11.5 Å². The summed E-state index contributed by atoms with van der Waals surface area (Å²) in [5, 5.41) is 3.57. The van der Waals surface area contributed by atoms with E-state index in [1.807, 2.05) is 0 Å². The summed E-state index contributed by atoms with van der Waals surface area (Å²) >= 11 is 0. The normalized spacial score (nSPS) is 19.3. The molecule has 1 N–H and O–H groups in total. The fourth-order valence-corrected chi connectivity index (χ4v) is 2.85. The van der Waals surface area contributed by atoms with Gasteiger partial charge in [0.15, 0.2) is 0 Å².